The summed E-state index contributed by atoms with van der Waals surface area (Å²) in [6.07, 6.45) is 1.81. The van der Waals surface area contributed by atoms with E-state index in [0.29, 0.717) is 5.69 Å². The summed E-state index contributed by atoms with van der Waals surface area (Å²) in [7, 11) is 0. The zero-order chi connectivity index (χ0) is 15.0. The predicted molar refractivity (Wildman–Crippen MR) is 84.4 cm³/mol. The fraction of sp³-hybridized carbons (Fsp3) is 0.125. The van der Waals surface area contributed by atoms with Gasteiger partial charge in [0.1, 0.15) is 5.65 Å². The Labute approximate surface area is 130 Å². The van der Waals surface area contributed by atoms with Crippen LogP contribution in [0.15, 0.2) is 47.1 Å². The molecule has 2 aromatic heterocycles. The first kappa shape index (κ1) is 13.8. The van der Waals surface area contributed by atoms with Crippen LogP contribution < -0.4 is 0 Å². The molecule has 21 heavy (non-hydrogen) atoms. The Balaban J connectivity index is 2.30. The van der Waals surface area contributed by atoms with Crippen molar-refractivity contribution >= 4 is 27.5 Å². The molecule has 0 aliphatic heterocycles. The maximum atomic E-state index is 11.2. The summed E-state index contributed by atoms with van der Waals surface area (Å²) < 4.78 is 2.77. The maximum absolute atomic E-state index is 11.2. The van der Waals surface area contributed by atoms with Crippen LogP contribution in [0.2, 0.25) is 0 Å². The molecule has 0 radical (unpaired) electrons. The average molecular weight is 345 g/mol. The van der Waals surface area contributed by atoms with Crippen LogP contribution in [0.3, 0.4) is 0 Å². The average Bonchev–Trinajstić information content (AvgIpc) is 2.78. The number of aliphatic carboxylic acids is 1. The van der Waals surface area contributed by atoms with Crippen LogP contribution >= 0.6 is 15.9 Å². The Bertz CT molecular complexity index is 825. The Morgan fingerprint density at radius 2 is 2.05 bits per heavy atom. The second-order valence-corrected chi connectivity index (χ2v) is 5.73. The Morgan fingerprint density at radius 1 is 1.33 bits per heavy atom. The summed E-state index contributed by atoms with van der Waals surface area (Å²) >= 11 is 3.49. The number of carbonyl (C=O) groups is 1. The normalized spacial score (nSPS) is 11.0. The van der Waals surface area contributed by atoms with Crippen LogP contribution in [0.1, 0.15) is 11.3 Å². The number of fused-ring (bicyclic) bond motifs is 1. The van der Waals surface area contributed by atoms with Crippen molar-refractivity contribution in [1.82, 2.24) is 9.38 Å². The molecule has 1 aromatic carbocycles. The molecule has 3 aromatic rings. The summed E-state index contributed by atoms with van der Waals surface area (Å²) in [5, 5.41) is 9.19. The van der Waals surface area contributed by atoms with Crippen molar-refractivity contribution in [3.05, 3.63) is 58.3 Å². The fourth-order valence-corrected chi connectivity index (χ4v) is 2.67. The summed E-state index contributed by atoms with van der Waals surface area (Å²) in [5.41, 5.74) is 4.14. The predicted octanol–water partition coefficient (Wildman–Crippen LogP) is 3.70. The molecule has 2 heterocycles. The van der Waals surface area contributed by atoms with Crippen molar-refractivity contribution in [2.24, 2.45) is 0 Å². The SMILES string of the molecule is Cc1cc2nc(-c3ccccc3)c(CC(=O)O)n2cc1Br. The molecule has 0 spiro atoms. The van der Waals surface area contributed by atoms with E-state index >= 15 is 0 Å². The number of pyridine rings is 1. The van der Waals surface area contributed by atoms with Crippen LogP contribution in [0, 0.1) is 6.92 Å². The van der Waals surface area contributed by atoms with E-state index < -0.39 is 5.97 Å². The second kappa shape index (κ2) is 5.33. The molecule has 1 N–H and O–H groups in total. The van der Waals surface area contributed by atoms with Gasteiger partial charge in [-0.05, 0) is 34.5 Å². The van der Waals surface area contributed by atoms with E-state index in [1.54, 1.807) is 0 Å². The van der Waals surface area contributed by atoms with Gasteiger partial charge in [-0.3, -0.25) is 4.79 Å². The summed E-state index contributed by atoms with van der Waals surface area (Å²) in [4.78, 5) is 15.8. The van der Waals surface area contributed by atoms with Crippen LogP contribution in [-0.4, -0.2) is 20.5 Å². The van der Waals surface area contributed by atoms with Gasteiger partial charge in [-0.15, -0.1) is 0 Å². The Hall–Kier alpha value is -2.14. The highest BCUT2D eigenvalue weighted by atomic mass is 79.9. The number of carboxylic acids is 1. The first-order valence-electron chi connectivity index (χ1n) is 6.50. The molecule has 0 bridgehead atoms. The number of halogens is 1. The monoisotopic (exact) mass is 344 g/mol. The number of aromatic nitrogens is 2. The van der Waals surface area contributed by atoms with Gasteiger partial charge in [0.05, 0.1) is 17.8 Å². The lowest BCUT2D eigenvalue weighted by molar-refractivity contribution is -0.136. The lowest BCUT2D eigenvalue weighted by Gasteiger charge is -2.04. The van der Waals surface area contributed by atoms with Crippen LogP contribution in [-0.2, 0) is 11.2 Å². The van der Waals surface area contributed by atoms with E-state index in [2.05, 4.69) is 20.9 Å². The molecule has 0 saturated heterocycles. The second-order valence-electron chi connectivity index (χ2n) is 4.88. The lowest BCUT2D eigenvalue weighted by Crippen LogP contribution is -2.05. The maximum Gasteiger partial charge on any atom is 0.309 e. The van der Waals surface area contributed by atoms with E-state index in [-0.39, 0.29) is 6.42 Å². The third kappa shape index (κ3) is 2.56. The first-order valence-corrected chi connectivity index (χ1v) is 7.30. The minimum absolute atomic E-state index is 0.0686. The van der Waals surface area contributed by atoms with Gasteiger partial charge in [0.2, 0.25) is 0 Å². The number of imidazole rings is 1. The summed E-state index contributed by atoms with van der Waals surface area (Å²) in [5.74, 6) is -0.870. The van der Waals surface area contributed by atoms with Crippen LogP contribution in [0.4, 0.5) is 0 Å². The molecule has 5 heteroatoms. The number of benzene rings is 1. The number of nitrogens with zero attached hydrogens (tertiary/aromatic N) is 2. The molecular formula is C16H13BrN2O2. The number of aryl methyl sites for hydroxylation is 1. The molecule has 4 nitrogen and oxygen atoms in total. The highest BCUT2D eigenvalue weighted by Crippen LogP contribution is 2.27. The van der Waals surface area contributed by atoms with Gasteiger partial charge < -0.3 is 9.51 Å². The standard InChI is InChI=1S/C16H13BrN2O2/c1-10-7-14-18-16(11-5-3-2-4-6-11)13(8-15(20)21)19(14)9-12(10)17/h2-7,9H,8H2,1H3,(H,20,21). The highest BCUT2D eigenvalue weighted by molar-refractivity contribution is 9.10. The van der Waals surface area contributed by atoms with E-state index in [9.17, 15) is 9.90 Å². The van der Waals surface area contributed by atoms with Gasteiger partial charge >= 0.3 is 5.97 Å². The fourth-order valence-electron chi connectivity index (χ4n) is 2.35. The molecule has 3 rings (SSSR count). The van der Waals surface area contributed by atoms with Crippen molar-refractivity contribution in [2.45, 2.75) is 13.3 Å². The molecule has 0 amide bonds. The summed E-state index contributed by atoms with van der Waals surface area (Å²) in [6.45, 7) is 1.98. The van der Waals surface area contributed by atoms with E-state index in [1.165, 1.54) is 0 Å². The van der Waals surface area contributed by atoms with Crippen molar-refractivity contribution in [3.63, 3.8) is 0 Å². The summed E-state index contributed by atoms with van der Waals surface area (Å²) in [6, 6.07) is 11.6. The molecule has 0 atom stereocenters. The van der Waals surface area contributed by atoms with Crippen molar-refractivity contribution in [1.29, 1.82) is 0 Å². The highest BCUT2D eigenvalue weighted by Gasteiger charge is 2.17. The number of carboxylic acid groups (broad SMARTS) is 1. The van der Waals surface area contributed by atoms with Crippen LogP contribution in [0.25, 0.3) is 16.9 Å². The molecule has 106 valence electrons. The molecule has 0 fully saturated rings. The minimum atomic E-state index is -0.870. The third-order valence-electron chi connectivity index (χ3n) is 3.37. The van der Waals surface area contributed by atoms with Crippen molar-refractivity contribution in [3.8, 4) is 11.3 Å². The molecule has 0 aliphatic rings. The zero-order valence-corrected chi connectivity index (χ0v) is 13.0. The van der Waals surface area contributed by atoms with E-state index in [0.717, 1.165) is 26.9 Å². The molecule has 0 saturated carbocycles. The molecule has 0 unspecified atom stereocenters. The number of hydrogen-bond acceptors (Lipinski definition) is 2. The van der Waals surface area contributed by atoms with Gasteiger partial charge in [-0.25, -0.2) is 4.98 Å². The minimum Gasteiger partial charge on any atom is -0.481 e. The van der Waals surface area contributed by atoms with Gasteiger partial charge in [0.15, 0.2) is 0 Å². The third-order valence-corrected chi connectivity index (χ3v) is 4.20. The van der Waals surface area contributed by atoms with Crippen molar-refractivity contribution in [2.75, 3.05) is 0 Å². The van der Waals surface area contributed by atoms with Gasteiger partial charge in [-0.1, -0.05) is 30.3 Å². The number of hydrogen-bond donors (Lipinski definition) is 1. The Kier molecular flexibility index (Phi) is 3.51. The number of rotatable bonds is 3. The topological polar surface area (TPSA) is 54.6 Å². The molecule has 0 aliphatic carbocycles. The quantitative estimate of drug-likeness (QED) is 0.788. The van der Waals surface area contributed by atoms with Crippen LogP contribution in [0.5, 0.6) is 0 Å². The largest absolute Gasteiger partial charge is 0.481 e. The lowest BCUT2D eigenvalue weighted by atomic mass is 10.1. The smallest absolute Gasteiger partial charge is 0.309 e. The zero-order valence-electron chi connectivity index (χ0n) is 11.4. The van der Waals surface area contributed by atoms with Gasteiger partial charge in [0, 0.05) is 16.2 Å². The van der Waals surface area contributed by atoms with E-state index in [4.69, 9.17) is 0 Å². The van der Waals surface area contributed by atoms with E-state index in [1.807, 2.05) is 53.9 Å². The Morgan fingerprint density at radius 3 is 2.71 bits per heavy atom. The van der Waals surface area contributed by atoms with Gasteiger partial charge in [0.25, 0.3) is 0 Å². The first-order chi connectivity index (χ1) is 10.1. The van der Waals surface area contributed by atoms with Gasteiger partial charge in [-0.2, -0.15) is 0 Å². The molecular weight excluding hydrogens is 332 g/mol. The van der Waals surface area contributed by atoms with Crippen molar-refractivity contribution < 1.29 is 9.90 Å².